The van der Waals surface area contributed by atoms with Gasteiger partial charge in [0, 0.05) is 17.5 Å². The molecular formula is C21H21N3O3. The van der Waals surface area contributed by atoms with E-state index in [0.717, 1.165) is 16.7 Å². The SMILES string of the molecule is CCNC(=O)CNC(=O)c1cc(-c2ccc(OC)cc2)nc2ccccc12. The van der Waals surface area contributed by atoms with Crippen molar-refractivity contribution in [1.82, 2.24) is 15.6 Å². The first-order chi connectivity index (χ1) is 13.1. The quantitative estimate of drug-likeness (QED) is 0.706. The van der Waals surface area contributed by atoms with Gasteiger partial charge in [0.25, 0.3) is 5.91 Å². The van der Waals surface area contributed by atoms with E-state index in [9.17, 15) is 9.59 Å². The Morgan fingerprint density at radius 2 is 1.78 bits per heavy atom. The van der Waals surface area contributed by atoms with Crippen LogP contribution in [-0.2, 0) is 4.79 Å². The maximum atomic E-state index is 12.7. The van der Waals surface area contributed by atoms with Crippen molar-refractivity contribution in [3.05, 3.63) is 60.2 Å². The number of hydrogen-bond donors (Lipinski definition) is 2. The molecular weight excluding hydrogens is 342 g/mol. The first-order valence-electron chi connectivity index (χ1n) is 8.71. The van der Waals surface area contributed by atoms with Gasteiger partial charge in [-0.25, -0.2) is 4.98 Å². The summed E-state index contributed by atoms with van der Waals surface area (Å²) in [5, 5.41) is 6.07. The molecule has 2 aromatic carbocycles. The number of methoxy groups -OCH3 is 1. The van der Waals surface area contributed by atoms with Crippen molar-refractivity contribution in [2.45, 2.75) is 6.92 Å². The van der Waals surface area contributed by atoms with Crippen LogP contribution in [-0.4, -0.2) is 37.0 Å². The van der Waals surface area contributed by atoms with Crippen LogP contribution in [0.5, 0.6) is 5.75 Å². The Labute approximate surface area is 157 Å². The zero-order valence-electron chi connectivity index (χ0n) is 15.3. The first kappa shape index (κ1) is 18.4. The van der Waals surface area contributed by atoms with Crippen LogP contribution in [0.15, 0.2) is 54.6 Å². The van der Waals surface area contributed by atoms with E-state index in [1.54, 1.807) is 13.2 Å². The average Bonchev–Trinajstić information content (AvgIpc) is 2.71. The number of amides is 2. The molecule has 27 heavy (non-hydrogen) atoms. The second-order valence-electron chi connectivity index (χ2n) is 5.94. The third-order valence-corrected chi connectivity index (χ3v) is 4.13. The van der Waals surface area contributed by atoms with Gasteiger partial charge in [0.15, 0.2) is 0 Å². The number of hydrogen-bond acceptors (Lipinski definition) is 4. The highest BCUT2D eigenvalue weighted by atomic mass is 16.5. The number of fused-ring (bicyclic) bond motifs is 1. The van der Waals surface area contributed by atoms with Gasteiger partial charge in [-0.1, -0.05) is 18.2 Å². The monoisotopic (exact) mass is 363 g/mol. The van der Waals surface area contributed by atoms with E-state index in [1.807, 2.05) is 55.5 Å². The van der Waals surface area contributed by atoms with E-state index in [-0.39, 0.29) is 18.4 Å². The summed E-state index contributed by atoms with van der Waals surface area (Å²) in [6.07, 6.45) is 0. The number of rotatable bonds is 6. The molecule has 0 fully saturated rings. The molecule has 0 radical (unpaired) electrons. The van der Waals surface area contributed by atoms with Crippen LogP contribution in [0.25, 0.3) is 22.2 Å². The zero-order valence-corrected chi connectivity index (χ0v) is 15.3. The maximum Gasteiger partial charge on any atom is 0.252 e. The summed E-state index contributed by atoms with van der Waals surface area (Å²) in [5.41, 5.74) is 2.75. The number of likely N-dealkylation sites (N-methyl/N-ethyl adjacent to an activating group) is 1. The highest BCUT2D eigenvalue weighted by molar-refractivity contribution is 6.08. The zero-order chi connectivity index (χ0) is 19.2. The minimum atomic E-state index is -0.311. The van der Waals surface area contributed by atoms with Crippen LogP contribution in [0, 0.1) is 0 Å². The Bertz CT molecular complexity index is 968. The first-order valence-corrected chi connectivity index (χ1v) is 8.71. The van der Waals surface area contributed by atoms with Crippen LogP contribution in [0.2, 0.25) is 0 Å². The van der Waals surface area contributed by atoms with E-state index >= 15 is 0 Å². The topological polar surface area (TPSA) is 80.3 Å². The molecule has 0 aliphatic rings. The molecule has 1 heterocycles. The standard InChI is InChI=1S/C21H21N3O3/c1-3-22-20(25)13-23-21(26)17-12-19(14-8-10-15(27-2)11-9-14)24-18-7-5-4-6-16(17)18/h4-12H,3,13H2,1-2H3,(H,22,25)(H,23,26). The van der Waals surface area contributed by atoms with Crippen LogP contribution < -0.4 is 15.4 Å². The maximum absolute atomic E-state index is 12.7. The van der Waals surface area contributed by atoms with Gasteiger partial charge < -0.3 is 15.4 Å². The van der Waals surface area contributed by atoms with E-state index in [0.29, 0.717) is 23.3 Å². The summed E-state index contributed by atoms with van der Waals surface area (Å²) in [6.45, 7) is 2.28. The third kappa shape index (κ3) is 4.23. The Hall–Kier alpha value is -3.41. The number of nitrogens with one attached hydrogen (secondary N) is 2. The Balaban J connectivity index is 1.97. The molecule has 0 aliphatic heterocycles. The lowest BCUT2D eigenvalue weighted by molar-refractivity contribution is -0.120. The molecule has 0 atom stereocenters. The van der Waals surface area contributed by atoms with Crippen molar-refractivity contribution >= 4 is 22.7 Å². The van der Waals surface area contributed by atoms with E-state index < -0.39 is 0 Å². The van der Waals surface area contributed by atoms with Gasteiger partial charge in [0.2, 0.25) is 5.91 Å². The number of para-hydroxylation sites is 1. The molecule has 2 amide bonds. The van der Waals surface area contributed by atoms with Crippen molar-refractivity contribution < 1.29 is 14.3 Å². The molecule has 3 rings (SSSR count). The number of benzene rings is 2. The lowest BCUT2D eigenvalue weighted by Crippen LogP contribution is -2.36. The van der Waals surface area contributed by atoms with Crippen LogP contribution in [0.4, 0.5) is 0 Å². The van der Waals surface area contributed by atoms with E-state index in [1.165, 1.54) is 0 Å². The predicted molar refractivity (Wildman–Crippen MR) is 105 cm³/mol. The average molecular weight is 363 g/mol. The minimum Gasteiger partial charge on any atom is -0.497 e. The fourth-order valence-corrected chi connectivity index (χ4v) is 2.79. The van der Waals surface area contributed by atoms with Gasteiger partial charge in [0.1, 0.15) is 5.75 Å². The van der Waals surface area contributed by atoms with Gasteiger partial charge >= 0.3 is 0 Å². The van der Waals surface area contributed by atoms with Crippen molar-refractivity contribution in [2.24, 2.45) is 0 Å². The van der Waals surface area contributed by atoms with E-state index in [2.05, 4.69) is 15.6 Å². The fraction of sp³-hybridized carbons (Fsp3) is 0.190. The van der Waals surface area contributed by atoms with Crippen LogP contribution in [0.1, 0.15) is 17.3 Å². The molecule has 0 saturated heterocycles. The molecule has 3 aromatic rings. The molecule has 6 heteroatoms. The van der Waals surface area contributed by atoms with Crippen LogP contribution in [0.3, 0.4) is 0 Å². The Morgan fingerprint density at radius 1 is 1.04 bits per heavy atom. The predicted octanol–water partition coefficient (Wildman–Crippen LogP) is 2.78. The van der Waals surface area contributed by atoms with Crippen molar-refractivity contribution in [3.63, 3.8) is 0 Å². The summed E-state index contributed by atoms with van der Waals surface area (Å²) in [7, 11) is 1.61. The molecule has 6 nitrogen and oxygen atoms in total. The molecule has 1 aromatic heterocycles. The molecule has 0 aliphatic carbocycles. The van der Waals surface area contributed by atoms with E-state index in [4.69, 9.17) is 4.74 Å². The smallest absolute Gasteiger partial charge is 0.252 e. The summed E-state index contributed by atoms with van der Waals surface area (Å²) in [5.74, 6) is 0.216. The second-order valence-corrected chi connectivity index (χ2v) is 5.94. The lowest BCUT2D eigenvalue weighted by atomic mass is 10.0. The summed E-state index contributed by atoms with van der Waals surface area (Å²) >= 11 is 0. The second kappa shape index (κ2) is 8.31. The summed E-state index contributed by atoms with van der Waals surface area (Å²) < 4.78 is 5.19. The number of carbonyl (C=O) groups is 2. The largest absolute Gasteiger partial charge is 0.497 e. The Kier molecular flexibility index (Phi) is 5.66. The number of aromatic nitrogens is 1. The number of pyridine rings is 1. The fourth-order valence-electron chi connectivity index (χ4n) is 2.79. The van der Waals surface area contributed by atoms with Gasteiger partial charge in [-0.05, 0) is 43.3 Å². The number of nitrogens with zero attached hydrogens (tertiary/aromatic N) is 1. The molecule has 0 unspecified atom stereocenters. The van der Waals surface area contributed by atoms with Crippen molar-refractivity contribution in [2.75, 3.05) is 20.2 Å². The highest BCUT2D eigenvalue weighted by Gasteiger charge is 2.14. The highest BCUT2D eigenvalue weighted by Crippen LogP contribution is 2.26. The van der Waals surface area contributed by atoms with Gasteiger partial charge in [0.05, 0.1) is 30.4 Å². The minimum absolute atomic E-state index is 0.0683. The molecule has 0 spiro atoms. The molecule has 2 N–H and O–H groups in total. The Morgan fingerprint density at radius 3 is 2.48 bits per heavy atom. The number of carbonyl (C=O) groups excluding carboxylic acids is 2. The lowest BCUT2D eigenvalue weighted by Gasteiger charge is -2.11. The summed E-state index contributed by atoms with van der Waals surface area (Å²) in [4.78, 5) is 29.0. The number of ether oxygens (including phenoxy) is 1. The molecule has 0 saturated carbocycles. The van der Waals surface area contributed by atoms with Crippen molar-refractivity contribution in [1.29, 1.82) is 0 Å². The van der Waals surface area contributed by atoms with Gasteiger partial charge in [-0.3, -0.25) is 9.59 Å². The molecule has 0 bridgehead atoms. The molecule has 138 valence electrons. The van der Waals surface area contributed by atoms with Crippen molar-refractivity contribution in [3.8, 4) is 17.0 Å². The normalized spacial score (nSPS) is 10.4. The van der Waals surface area contributed by atoms with Gasteiger partial charge in [-0.15, -0.1) is 0 Å². The van der Waals surface area contributed by atoms with Gasteiger partial charge in [-0.2, -0.15) is 0 Å². The third-order valence-electron chi connectivity index (χ3n) is 4.13. The van der Waals surface area contributed by atoms with Crippen LogP contribution >= 0.6 is 0 Å². The summed E-state index contributed by atoms with van der Waals surface area (Å²) in [6, 6.07) is 16.7.